The van der Waals surface area contributed by atoms with Crippen molar-refractivity contribution in [1.29, 1.82) is 0 Å². The topological polar surface area (TPSA) is 60.4 Å². The van der Waals surface area contributed by atoms with Gasteiger partial charge in [-0.1, -0.05) is 0 Å². The first-order valence-electron chi connectivity index (χ1n) is 4.47. The minimum Gasteiger partial charge on any atom is -0.492 e. The average molecular weight is 246 g/mol. The van der Waals surface area contributed by atoms with E-state index in [1.807, 2.05) is 0 Å². The first kappa shape index (κ1) is 12.6. The molecule has 0 saturated carbocycles. The largest absolute Gasteiger partial charge is 0.492 e. The molecule has 0 amide bonds. The van der Waals surface area contributed by atoms with Gasteiger partial charge in [0.15, 0.2) is 9.84 Å². The van der Waals surface area contributed by atoms with Gasteiger partial charge in [-0.2, -0.15) is 0 Å². The molecule has 0 aliphatic heterocycles. The van der Waals surface area contributed by atoms with Crippen molar-refractivity contribution >= 4 is 16.1 Å². The molecule has 0 heterocycles. The van der Waals surface area contributed by atoms with Crippen LogP contribution in [0.25, 0.3) is 0 Å². The van der Waals surface area contributed by atoms with E-state index >= 15 is 0 Å². The maximum atomic E-state index is 12.9. The van der Waals surface area contributed by atoms with E-state index in [4.69, 9.17) is 4.74 Å². The molecule has 1 aromatic carbocycles. The zero-order valence-corrected chi connectivity index (χ0v) is 9.46. The van der Waals surface area contributed by atoms with Crippen molar-refractivity contribution in [2.45, 2.75) is 0 Å². The highest BCUT2D eigenvalue weighted by Gasteiger charge is 2.04. The third-order valence-corrected chi connectivity index (χ3v) is 2.66. The maximum absolute atomic E-state index is 12.9. The standard InChI is InChI=1S/C10H11FO4S/c1-16(13,14)3-2-15-10-5-8(7-12)4-9(11)6-10/h4-7H,2-3H2,1H3. The maximum Gasteiger partial charge on any atom is 0.150 e. The van der Waals surface area contributed by atoms with E-state index in [1.54, 1.807) is 0 Å². The fraction of sp³-hybridized carbons (Fsp3) is 0.300. The van der Waals surface area contributed by atoms with E-state index in [9.17, 15) is 17.6 Å². The van der Waals surface area contributed by atoms with Gasteiger partial charge in [0.25, 0.3) is 0 Å². The Morgan fingerprint density at radius 3 is 2.62 bits per heavy atom. The number of hydrogen-bond donors (Lipinski definition) is 0. The van der Waals surface area contributed by atoms with E-state index in [0.717, 1.165) is 18.4 Å². The van der Waals surface area contributed by atoms with Crippen LogP contribution in [0.15, 0.2) is 18.2 Å². The number of aldehydes is 1. The second-order valence-electron chi connectivity index (χ2n) is 3.32. The normalized spacial score (nSPS) is 11.1. The van der Waals surface area contributed by atoms with Gasteiger partial charge in [-0.05, 0) is 12.1 Å². The number of carbonyl (C=O) groups is 1. The quantitative estimate of drug-likeness (QED) is 0.729. The monoisotopic (exact) mass is 246 g/mol. The lowest BCUT2D eigenvalue weighted by Gasteiger charge is -2.05. The second kappa shape index (κ2) is 5.07. The number of ether oxygens (including phenoxy) is 1. The van der Waals surface area contributed by atoms with Crippen LogP contribution in [0, 0.1) is 5.82 Å². The lowest BCUT2D eigenvalue weighted by Crippen LogP contribution is -2.12. The molecule has 0 aliphatic rings. The van der Waals surface area contributed by atoms with Crippen molar-refractivity contribution in [2.75, 3.05) is 18.6 Å². The fourth-order valence-electron chi connectivity index (χ4n) is 1.05. The molecule has 0 fully saturated rings. The summed E-state index contributed by atoms with van der Waals surface area (Å²) in [6.45, 7) is -0.0689. The zero-order valence-electron chi connectivity index (χ0n) is 8.64. The van der Waals surface area contributed by atoms with Gasteiger partial charge in [0.2, 0.25) is 0 Å². The van der Waals surface area contributed by atoms with Crippen LogP contribution in [0.5, 0.6) is 5.75 Å². The summed E-state index contributed by atoms with van der Waals surface area (Å²) in [6, 6.07) is 3.50. The smallest absolute Gasteiger partial charge is 0.150 e. The van der Waals surface area contributed by atoms with Crippen molar-refractivity contribution < 1.29 is 22.3 Å². The Bertz CT molecular complexity index is 482. The van der Waals surface area contributed by atoms with Crippen molar-refractivity contribution in [2.24, 2.45) is 0 Å². The first-order chi connectivity index (χ1) is 7.40. The van der Waals surface area contributed by atoms with Gasteiger partial charge in [0.05, 0.1) is 5.75 Å². The van der Waals surface area contributed by atoms with Crippen LogP contribution in [0.1, 0.15) is 10.4 Å². The molecule has 88 valence electrons. The van der Waals surface area contributed by atoms with Crippen LogP contribution in [0.3, 0.4) is 0 Å². The minimum atomic E-state index is -3.11. The molecule has 6 heteroatoms. The van der Waals surface area contributed by atoms with Gasteiger partial charge in [0, 0.05) is 17.9 Å². The summed E-state index contributed by atoms with van der Waals surface area (Å²) in [7, 11) is -3.11. The summed E-state index contributed by atoms with van der Waals surface area (Å²) < 4.78 is 39.5. The molecule has 16 heavy (non-hydrogen) atoms. The molecular formula is C10H11FO4S. The molecule has 0 N–H and O–H groups in total. The molecule has 1 rings (SSSR count). The molecular weight excluding hydrogens is 235 g/mol. The summed E-state index contributed by atoms with van der Waals surface area (Å²) in [5.74, 6) is -0.607. The summed E-state index contributed by atoms with van der Waals surface area (Å²) in [4.78, 5) is 10.4. The second-order valence-corrected chi connectivity index (χ2v) is 5.58. The van der Waals surface area contributed by atoms with Crippen molar-refractivity contribution in [3.8, 4) is 5.75 Å². The molecule has 4 nitrogen and oxygen atoms in total. The molecule has 0 saturated heterocycles. The third kappa shape index (κ3) is 4.39. The van der Waals surface area contributed by atoms with E-state index in [-0.39, 0.29) is 23.7 Å². The Morgan fingerprint density at radius 1 is 1.38 bits per heavy atom. The zero-order chi connectivity index (χ0) is 12.2. The van der Waals surface area contributed by atoms with Crippen LogP contribution in [0.2, 0.25) is 0 Å². The van der Waals surface area contributed by atoms with E-state index in [2.05, 4.69) is 0 Å². The lowest BCUT2D eigenvalue weighted by atomic mass is 10.2. The van der Waals surface area contributed by atoms with E-state index in [1.165, 1.54) is 6.07 Å². The SMILES string of the molecule is CS(=O)(=O)CCOc1cc(F)cc(C=O)c1. The van der Waals surface area contributed by atoms with E-state index < -0.39 is 15.7 Å². The van der Waals surface area contributed by atoms with Crippen LogP contribution in [-0.2, 0) is 9.84 Å². The molecule has 0 bridgehead atoms. The van der Waals surface area contributed by atoms with Gasteiger partial charge in [-0.25, -0.2) is 12.8 Å². The predicted octanol–water partition coefficient (Wildman–Crippen LogP) is 1.06. The molecule has 0 radical (unpaired) electrons. The summed E-state index contributed by atoms with van der Waals surface area (Å²) in [6.07, 6.45) is 1.57. The van der Waals surface area contributed by atoms with Gasteiger partial charge in [-0.3, -0.25) is 4.79 Å². The highest BCUT2D eigenvalue weighted by atomic mass is 32.2. The van der Waals surface area contributed by atoms with Gasteiger partial charge in [-0.15, -0.1) is 0 Å². The van der Waals surface area contributed by atoms with Crippen LogP contribution in [-0.4, -0.2) is 33.3 Å². The molecule has 0 aliphatic carbocycles. The summed E-state index contributed by atoms with van der Waals surface area (Å²) in [5, 5.41) is 0. The van der Waals surface area contributed by atoms with Crippen LogP contribution >= 0.6 is 0 Å². The Labute approximate surface area is 93.0 Å². The van der Waals surface area contributed by atoms with Gasteiger partial charge < -0.3 is 4.74 Å². The average Bonchev–Trinajstić information content (AvgIpc) is 2.14. The number of sulfone groups is 1. The first-order valence-corrected chi connectivity index (χ1v) is 6.53. The molecule has 0 aromatic heterocycles. The number of halogens is 1. The Morgan fingerprint density at radius 2 is 2.06 bits per heavy atom. The Kier molecular flexibility index (Phi) is 4.00. The Hall–Kier alpha value is -1.43. The number of hydrogen-bond acceptors (Lipinski definition) is 4. The molecule has 0 spiro atoms. The Balaban J connectivity index is 2.67. The third-order valence-electron chi connectivity index (χ3n) is 1.75. The number of carbonyl (C=O) groups excluding carboxylic acids is 1. The van der Waals surface area contributed by atoms with Crippen molar-refractivity contribution in [3.05, 3.63) is 29.6 Å². The fourth-order valence-corrected chi connectivity index (χ4v) is 1.43. The van der Waals surface area contributed by atoms with Crippen molar-refractivity contribution in [3.63, 3.8) is 0 Å². The van der Waals surface area contributed by atoms with Crippen LogP contribution in [0.4, 0.5) is 4.39 Å². The highest BCUT2D eigenvalue weighted by molar-refractivity contribution is 7.90. The minimum absolute atomic E-state index is 0.0689. The predicted molar refractivity (Wildman–Crippen MR) is 57.0 cm³/mol. The van der Waals surface area contributed by atoms with Gasteiger partial charge >= 0.3 is 0 Å². The van der Waals surface area contributed by atoms with Crippen LogP contribution < -0.4 is 4.74 Å². The van der Waals surface area contributed by atoms with Crippen molar-refractivity contribution in [1.82, 2.24) is 0 Å². The lowest BCUT2D eigenvalue weighted by molar-refractivity contribution is 0.112. The summed E-state index contributed by atoms with van der Waals surface area (Å²) in [5.41, 5.74) is 0.148. The van der Waals surface area contributed by atoms with E-state index in [0.29, 0.717) is 6.29 Å². The number of rotatable bonds is 5. The molecule has 1 aromatic rings. The number of benzene rings is 1. The summed E-state index contributed by atoms with van der Waals surface area (Å²) >= 11 is 0. The van der Waals surface area contributed by atoms with Gasteiger partial charge in [0.1, 0.15) is 24.5 Å². The molecule has 0 unspecified atom stereocenters. The molecule has 0 atom stereocenters. The highest BCUT2D eigenvalue weighted by Crippen LogP contribution is 2.15.